The van der Waals surface area contributed by atoms with Gasteiger partial charge in [0.05, 0.1) is 18.6 Å². The van der Waals surface area contributed by atoms with E-state index in [1.54, 1.807) is 12.4 Å². The number of thiophene rings is 1. The third-order valence-corrected chi connectivity index (χ3v) is 4.65. The van der Waals surface area contributed by atoms with Gasteiger partial charge in [-0.3, -0.25) is 14.7 Å². The summed E-state index contributed by atoms with van der Waals surface area (Å²) >= 11 is 1.40. The van der Waals surface area contributed by atoms with Crippen molar-refractivity contribution >= 4 is 21.6 Å². The van der Waals surface area contributed by atoms with Gasteiger partial charge in [0.25, 0.3) is 5.56 Å². The van der Waals surface area contributed by atoms with Crippen LogP contribution in [0.4, 0.5) is 0 Å². The molecule has 0 amide bonds. The maximum Gasteiger partial charge on any atom is 0.268 e. The number of hydrogen-bond donors (Lipinski definition) is 1. The summed E-state index contributed by atoms with van der Waals surface area (Å²) in [7, 11) is 1.94. The van der Waals surface area contributed by atoms with E-state index in [1.807, 2.05) is 41.6 Å². The average molecular weight is 353 g/mol. The second-order valence-corrected chi connectivity index (χ2v) is 6.65. The molecule has 1 N–H and O–H groups in total. The predicted octanol–water partition coefficient (Wildman–Crippen LogP) is 2.67. The molecule has 8 heteroatoms. The molecule has 0 aliphatic rings. The van der Waals surface area contributed by atoms with Crippen LogP contribution in [0.15, 0.2) is 51.4 Å². The van der Waals surface area contributed by atoms with Crippen molar-refractivity contribution in [1.29, 1.82) is 0 Å². The molecule has 4 rings (SSSR count). The minimum absolute atomic E-state index is 0.0944. The normalized spacial score (nSPS) is 11.4. The van der Waals surface area contributed by atoms with Gasteiger partial charge in [-0.15, -0.1) is 11.3 Å². The molecule has 0 atom stereocenters. The number of pyridine rings is 1. The number of aromatic nitrogens is 4. The monoisotopic (exact) mass is 353 g/mol. The molecule has 0 aromatic carbocycles. The van der Waals surface area contributed by atoms with Gasteiger partial charge in [-0.2, -0.15) is 0 Å². The van der Waals surface area contributed by atoms with Crippen molar-refractivity contribution in [2.24, 2.45) is 0 Å². The lowest BCUT2D eigenvalue weighted by atomic mass is 10.2. The number of H-pyrrole nitrogens is 1. The van der Waals surface area contributed by atoms with Crippen LogP contribution in [0.3, 0.4) is 0 Å². The summed E-state index contributed by atoms with van der Waals surface area (Å²) in [5.74, 6) is 1.38. The fourth-order valence-corrected chi connectivity index (χ4v) is 3.35. The lowest BCUT2D eigenvalue weighted by Crippen LogP contribution is -2.21. The first kappa shape index (κ1) is 15.7. The van der Waals surface area contributed by atoms with E-state index >= 15 is 0 Å². The Morgan fingerprint density at radius 2 is 2.08 bits per heavy atom. The summed E-state index contributed by atoms with van der Waals surface area (Å²) in [6, 6.07) is 7.53. The smallest absolute Gasteiger partial charge is 0.268 e. The summed E-state index contributed by atoms with van der Waals surface area (Å²) < 4.78 is 6.06. The van der Waals surface area contributed by atoms with Crippen LogP contribution in [0, 0.1) is 0 Å². The van der Waals surface area contributed by atoms with Gasteiger partial charge >= 0.3 is 0 Å². The molecule has 0 unspecified atom stereocenters. The molecule has 0 fully saturated rings. The minimum Gasteiger partial charge on any atom is -0.359 e. The number of hydrogen-bond acceptors (Lipinski definition) is 7. The van der Waals surface area contributed by atoms with Gasteiger partial charge in [0, 0.05) is 24.0 Å². The van der Waals surface area contributed by atoms with Crippen molar-refractivity contribution in [2.75, 3.05) is 7.05 Å². The summed E-state index contributed by atoms with van der Waals surface area (Å²) in [6.45, 7) is 1.07. The molecule has 0 aliphatic heterocycles. The zero-order valence-electron chi connectivity index (χ0n) is 13.5. The lowest BCUT2D eigenvalue weighted by molar-refractivity contribution is 0.262. The van der Waals surface area contributed by atoms with Crippen molar-refractivity contribution in [3.8, 4) is 11.3 Å². The number of nitrogens with zero attached hydrogens (tertiary/aromatic N) is 4. The number of aromatic amines is 1. The molecular weight excluding hydrogens is 338 g/mol. The standard InChI is InChI=1S/C17H15N5O2S/c1-22(10-15-19-13-4-7-25-16(13)17(23)20-15)9-12-8-14(21-24-12)11-2-5-18-6-3-11/h2-8H,9-10H2,1H3,(H,19,20,23). The minimum atomic E-state index is -0.0944. The fourth-order valence-electron chi connectivity index (χ4n) is 2.62. The summed E-state index contributed by atoms with van der Waals surface area (Å²) in [6.07, 6.45) is 3.44. The second-order valence-electron chi connectivity index (χ2n) is 5.73. The van der Waals surface area contributed by atoms with Crippen LogP contribution in [0.25, 0.3) is 21.5 Å². The topological polar surface area (TPSA) is 87.9 Å². The zero-order valence-corrected chi connectivity index (χ0v) is 14.3. The quantitative estimate of drug-likeness (QED) is 0.593. The SMILES string of the molecule is CN(Cc1nc2ccsc2c(=O)[nH]1)Cc1cc(-c2ccncc2)no1. The Hall–Kier alpha value is -2.84. The van der Waals surface area contributed by atoms with Crippen LogP contribution in [-0.2, 0) is 13.1 Å². The van der Waals surface area contributed by atoms with Crippen molar-refractivity contribution in [2.45, 2.75) is 13.1 Å². The molecular formula is C17H15N5O2S. The molecule has 0 saturated heterocycles. The average Bonchev–Trinajstić information content (AvgIpc) is 3.25. The first-order chi connectivity index (χ1) is 12.2. The lowest BCUT2D eigenvalue weighted by Gasteiger charge is -2.13. The van der Waals surface area contributed by atoms with Crippen LogP contribution in [0.1, 0.15) is 11.6 Å². The molecule has 0 bridgehead atoms. The third kappa shape index (κ3) is 3.35. The van der Waals surface area contributed by atoms with Gasteiger partial charge in [0.2, 0.25) is 0 Å². The number of nitrogens with one attached hydrogen (secondary N) is 1. The number of rotatable bonds is 5. The molecule has 25 heavy (non-hydrogen) atoms. The van der Waals surface area contributed by atoms with Gasteiger partial charge in [-0.1, -0.05) is 5.16 Å². The van der Waals surface area contributed by atoms with Gasteiger partial charge in [0.1, 0.15) is 16.2 Å². The second kappa shape index (κ2) is 6.58. The van der Waals surface area contributed by atoms with Gasteiger partial charge < -0.3 is 9.51 Å². The molecule has 4 heterocycles. The van der Waals surface area contributed by atoms with Crippen molar-refractivity contribution in [1.82, 2.24) is 25.0 Å². The molecule has 4 aromatic heterocycles. The van der Waals surface area contributed by atoms with Crippen molar-refractivity contribution in [3.63, 3.8) is 0 Å². The van der Waals surface area contributed by atoms with Gasteiger partial charge in [-0.25, -0.2) is 4.98 Å². The zero-order chi connectivity index (χ0) is 17.2. The van der Waals surface area contributed by atoms with E-state index in [4.69, 9.17) is 4.52 Å². The predicted molar refractivity (Wildman–Crippen MR) is 95.1 cm³/mol. The Kier molecular flexibility index (Phi) is 4.12. The Bertz CT molecular complexity index is 1050. The van der Waals surface area contributed by atoms with Crippen LogP contribution in [-0.4, -0.2) is 32.1 Å². The van der Waals surface area contributed by atoms with E-state index in [0.717, 1.165) is 22.5 Å². The first-order valence-corrected chi connectivity index (χ1v) is 8.58. The fraction of sp³-hybridized carbons (Fsp3) is 0.176. The Morgan fingerprint density at radius 1 is 1.24 bits per heavy atom. The van der Waals surface area contributed by atoms with Crippen LogP contribution in [0.5, 0.6) is 0 Å². The first-order valence-electron chi connectivity index (χ1n) is 7.70. The van der Waals surface area contributed by atoms with Crippen LogP contribution < -0.4 is 5.56 Å². The molecule has 0 saturated carbocycles. The van der Waals surface area contributed by atoms with E-state index in [9.17, 15) is 4.79 Å². The van der Waals surface area contributed by atoms with E-state index in [1.165, 1.54) is 11.3 Å². The molecule has 7 nitrogen and oxygen atoms in total. The van der Waals surface area contributed by atoms with E-state index < -0.39 is 0 Å². The molecule has 0 aliphatic carbocycles. The van der Waals surface area contributed by atoms with Crippen LogP contribution in [0.2, 0.25) is 0 Å². The summed E-state index contributed by atoms with van der Waals surface area (Å²) in [4.78, 5) is 25.4. The molecule has 0 spiro atoms. The highest BCUT2D eigenvalue weighted by Gasteiger charge is 2.11. The van der Waals surface area contributed by atoms with E-state index in [-0.39, 0.29) is 5.56 Å². The highest BCUT2D eigenvalue weighted by molar-refractivity contribution is 7.17. The summed E-state index contributed by atoms with van der Waals surface area (Å²) in [5.41, 5.74) is 2.37. The molecule has 4 aromatic rings. The highest BCUT2D eigenvalue weighted by atomic mass is 32.1. The van der Waals surface area contributed by atoms with Gasteiger partial charge in [0.15, 0.2) is 5.76 Å². The molecule has 126 valence electrons. The molecule has 0 radical (unpaired) electrons. The van der Waals surface area contributed by atoms with E-state index in [0.29, 0.717) is 23.6 Å². The maximum absolute atomic E-state index is 12.0. The van der Waals surface area contributed by atoms with Crippen LogP contribution >= 0.6 is 11.3 Å². The highest BCUT2D eigenvalue weighted by Crippen LogP contribution is 2.19. The van der Waals surface area contributed by atoms with Gasteiger partial charge in [-0.05, 0) is 30.6 Å². The van der Waals surface area contributed by atoms with E-state index in [2.05, 4.69) is 20.1 Å². The summed E-state index contributed by atoms with van der Waals surface area (Å²) in [5, 5.41) is 5.96. The largest absolute Gasteiger partial charge is 0.359 e. The Labute approximate surface area is 147 Å². The Morgan fingerprint density at radius 3 is 2.92 bits per heavy atom. The third-order valence-electron chi connectivity index (χ3n) is 3.74. The Balaban J connectivity index is 1.47. The van der Waals surface area contributed by atoms with Crippen molar-refractivity contribution in [3.05, 3.63) is 64.0 Å². The maximum atomic E-state index is 12.0. The number of fused-ring (bicyclic) bond motifs is 1. The van der Waals surface area contributed by atoms with Crippen molar-refractivity contribution < 1.29 is 4.52 Å².